The van der Waals surface area contributed by atoms with Crippen molar-refractivity contribution >= 4 is 17.8 Å². The molecule has 0 bridgehead atoms. The smallest absolute Gasteiger partial charge is 0.326 e. The summed E-state index contributed by atoms with van der Waals surface area (Å²) in [6, 6.07) is 1.93. The number of aliphatic carboxylic acids is 1. The molecule has 0 radical (unpaired) electrons. The van der Waals surface area contributed by atoms with Crippen molar-refractivity contribution < 1.29 is 19.5 Å². The molecule has 0 saturated carbocycles. The highest BCUT2D eigenvalue weighted by molar-refractivity contribution is 5.97. The largest absolute Gasteiger partial charge is 0.480 e. The Kier molecular flexibility index (Phi) is 6.32. The van der Waals surface area contributed by atoms with Crippen LogP contribution in [0.2, 0.25) is 0 Å². The SMILES string of the molecule is CCCC[C@H](NC(=O)c1ccc(C(=O)NC)nc1)C(=O)O. The van der Waals surface area contributed by atoms with Gasteiger partial charge in [-0.15, -0.1) is 0 Å². The van der Waals surface area contributed by atoms with Crippen molar-refractivity contribution in [1.29, 1.82) is 0 Å². The van der Waals surface area contributed by atoms with Gasteiger partial charge in [0.2, 0.25) is 0 Å². The zero-order valence-electron chi connectivity index (χ0n) is 12.0. The van der Waals surface area contributed by atoms with Crippen LogP contribution in [-0.4, -0.2) is 41.0 Å². The minimum absolute atomic E-state index is 0.190. The Balaban J connectivity index is 2.73. The lowest BCUT2D eigenvalue weighted by Gasteiger charge is -2.14. The van der Waals surface area contributed by atoms with E-state index in [4.69, 9.17) is 5.11 Å². The van der Waals surface area contributed by atoms with E-state index in [2.05, 4.69) is 15.6 Å². The number of aromatic nitrogens is 1. The molecule has 1 atom stereocenters. The van der Waals surface area contributed by atoms with E-state index in [-0.39, 0.29) is 17.2 Å². The number of rotatable bonds is 7. The summed E-state index contributed by atoms with van der Waals surface area (Å²) in [5.74, 6) is -1.94. The summed E-state index contributed by atoms with van der Waals surface area (Å²) >= 11 is 0. The lowest BCUT2D eigenvalue weighted by Crippen LogP contribution is -2.40. The summed E-state index contributed by atoms with van der Waals surface area (Å²) in [6.07, 6.45) is 3.19. The fraction of sp³-hybridized carbons (Fsp3) is 0.429. The summed E-state index contributed by atoms with van der Waals surface area (Å²) in [5.41, 5.74) is 0.403. The van der Waals surface area contributed by atoms with Gasteiger partial charge in [-0.3, -0.25) is 14.6 Å². The first kappa shape index (κ1) is 16.6. The first-order chi connectivity index (χ1) is 9.99. The highest BCUT2D eigenvalue weighted by Gasteiger charge is 2.20. The van der Waals surface area contributed by atoms with E-state index in [1.165, 1.54) is 25.4 Å². The van der Waals surface area contributed by atoms with Crippen molar-refractivity contribution in [3.8, 4) is 0 Å². The fourth-order valence-corrected chi connectivity index (χ4v) is 1.70. The third-order valence-corrected chi connectivity index (χ3v) is 2.94. The first-order valence-corrected chi connectivity index (χ1v) is 6.71. The second kappa shape index (κ2) is 7.98. The van der Waals surface area contributed by atoms with Crippen molar-refractivity contribution in [3.05, 3.63) is 29.6 Å². The van der Waals surface area contributed by atoms with Gasteiger partial charge in [0.1, 0.15) is 11.7 Å². The molecule has 0 unspecified atom stereocenters. The predicted molar refractivity (Wildman–Crippen MR) is 76.0 cm³/mol. The number of hydrogen-bond donors (Lipinski definition) is 3. The van der Waals surface area contributed by atoms with E-state index in [0.29, 0.717) is 12.8 Å². The zero-order chi connectivity index (χ0) is 15.8. The molecule has 0 aromatic carbocycles. The maximum Gasteiger partial charge on any atom is 0.326 e. The molecule has 114 valence electrons. The Hall–Kier alpha value is -2.44. The van der Waals surface area contributed by atoms with Crippen LogP contribution in [0.3, 0.4) is 0 Å². The van der Waals surface area contributed by atoms with Crippen LogP contribution in [0.25, 0.3) is 0 Å². The zero-order valence-corrected chi connectivity index (χ0v) is 12.0. The molecule has 0 fully saturated rings. The maximum atomic E-state index is 12.0. The van der Waals surface area contributed by atoms with Gasteiger partial charge in [0.05, 0.1) is 5.56 Å². The summed E-state index contributed by atoms with van der Waals surface area (Å²) in [4.78, 5) is 38.2. The van der Waals surface area contributed by atoms with Gasteiger partial charge in [0, 0.05) is 13.2 Å². The molecular formula is C14H19N3O4. The summed E-state index contributed by atoms with van der Waals surface area (Å²) < 4.78 is 0. The number of carboxylic acid groups (broad SMARTS) is 1. The lowest BCUT2D eigenvalue weighted by atomic mass is 10.1. The molecule has 0 spiro atoms. The van der Waals surface area contributed by atoms with E-state index >= 15 is 0 Å². The normalized spacial score (nSPS) is 11.5. The Morgan fingerprint density at radius 2 is 2.00 bits per heavy atom. The molecule has 0 aliphatic heterocycles. The highest BCUT2D eigenvalue weighted by atomic mass is 16.4. The number of unbranched alkanes of at least 4 members (excludes halogenated alkanes) is 1. The molecule has 3 N–H and O–H groups in total. The first-order valence-electron chi connectivity index (χ1n) is 6.71. The molecule has 1 aromatic rings. The molecule has 0 aliphatic carbocycles. The molecule has 1 rings (SSSR count). The average molecular weight is 293 g/mol. The lowest BCUT2D eigenvalue weighted by molar-refractivity contribution is -0.139. The minimum Gasteiger partial charge on any atom is -0.480 e. The van der Waals surface area contributed by atoms with Crippen LogP contribution in [-0.2, 0) is 4.79 Å². The molecule has 7 nitrogen and oxygen atoms in total. The number of carbonyl (C=O) groups is 3. The van der Waals surface area contributed by atoms with Crippen molar-refractivity contribution in [2.24, 2.45) is 0 Å². The Morgan fingerprint density at radius 3 is 2.48 bits per heavy atom. The Labute approximate surface area is 122 Å². The number of carbonyl (C=O) groups excluding carboxylic acids is 2. The topological polar surface area (TPSA) is 108 Å². The molecule has 0 saturated heterocycles. The van der Waals surface area contributed by atoms with Crippen LogP contribution in [0, 0.1) is 0 Å². The van der Waals surface area contributed by atoms with Gasteiger partial charge < -0.3 is 15.7 Å². The summed E-state index contributed by atoms with van der Waals surface area (Å²) in [6.45, 7) is 1.95. The Bertz CT molecular complexity index is 513. The summed E-state index contributed by atoms with van der Waals surface area (Å²) in [5, 5.41) is 13.9. The number of pyridine rings is 1. The van der Waals surface area contributed by atoms with Crippen molar-refractivity contribution in [2.75, 3.05) is 7.05 Å². The highest BCUT2D eigenvalue weighted by Crippen LogP contribution is 2.05. The van der Waals surface area contributed by atoms with E-state index in [9.17, 15) is 14.4 Å². The quantitative estimate of drug-likeness (QED) is 0.689. The monoisotopic (exact) mass is 293 g/mol. The number of nitrogens with one attached hydrogen (secondary N) is 2. The third-order valence-electron chi connectivity index (χ3n) is 2.94. The number of nitrogens with zero attached hydrogens (tertiary/aromatic N) is 1. The third kappa shape index (κ3) is 4.87. The van der Waals surface area contributed by atoms with Crippen LogP contribution in [0.1, 0.15) is 47.0 Å². The van der Waals surface area contributed by atoms with Gasteiger partial charge in [-0.25, -0.2) is 4.79 Å². The van der Waals surface area contributed by atoms with Gasteiger partial charge in [0.25, 0.3) is 11.8 Å². The average Bonchev–Trinajstić information content (AvgIpc) is 2.50. The fourth-order valence-electron chi connectivity index (χ4n) is 1.70. The molecule has 1 heterocycles. The van der Waals surface area contributed by atoms with Crippen LogP contribution in [0.4, 0.5) is 0 Å². The number of amides is 2. The van der Waals surface area contributed by atoms with Crippen molar-refractivity contribution in [1.82, 2.24) is 15.6 Å². The molecule has 2 amide bonds. The predicted octanol–water partition coefficient (Wildman–Crippen LogP) is 0.814. The molecular weight excluding hydrogens is 274 g/mol. The van der Waals surface area contributed by atoms with Crippen LogP contribution < -0.4 is 10.6 Å². The van der Waals surface area contributed by atoms with E-state index < -0.39 is 17.9 Å². The van der Waals surface area contributed by atoms with Gasteiger partial charge in [0.15, 0.2) is 0 Å². The van der Waals surface area contributed by atoms with Gasteiger partial charge in [-0.2, -0.15) is 0 Å². The molecule has 7 heteroatoms. The van der Waals surface area contributed by atoms with E-state index in [1.807, 2.05) is 6.92 Å². The molecule has 21 heavy (non-hydrogen) atoms. The number of carboxylic acids is 1. The van der Waals surface area contributed by atoms with Crippen molar-refractivity contribution in [2.45, 2.75) is 32.2 Å². The van der Waals surface area contributed by atoms with E-state index in [1.54, 1.807) is 0 Å². The summed E-state index contributed by atoms with van der Waals surface area (Å²) in [7, 11) is 1.48. The second-order valence-electron chi connectivity index (χ2n) is 4.52. The van der Waals surface area contributed by atoms with Gasteiger partial charge in [-0.05, 0) is 18.6 Å². The van der Waals surface area contributed by atoms with Gasteiger partial charge >= 0.3 is 5.97 Å². The minimum atomic E-state index is -1.06. The molecule has 1 aromatic heterocycles. The Morgan fingerprint density at radius 1 is 1.29 bits per heavy atom. The van der Waals surface area contributed by atoms with Crippen LogP contribution in [0.15, 0.2) is 18.3 Å². The van der Waals surface area contributed by atoms with Crippen LogP contribution in [0.5, 0.6) is 0 Å². The standard InChI is InChI=1S/C14H19N3O4/c1-3-4-5-11(14(20)21)17-12(18)9-6-7-10(16-8-9)13(19)15-2/h6-8,11H,3-5H2,1-2H3,(H,15,19)(H,17,18)(H,20,21)/t11-/m0/s1. The molecule has 0 aliphatic rings. The van der Waals surface area contributed by atoms with E-state index in [0.717, 1.165) is 6.42 Å². The van der Waals surface area contributed by atoms with Crippen LogP contribution >= 0.6 is 0 Å². The second-order valence-corrected chi connectivity index (χ2v) is 4.52. The van der Waals surface area contributed by atoms with Gasteiger partial charge in [-0.1, -0.05) is 19.8 Å². The number of hydrogen-bond acceptors (Lipinski definition) is 4. The maximum absolute atomic E-state index is 12.0. The van der Waals surface area contributed by atoms with Crippen molar-refractivity contribution in [3.63, 3.8) is 0 Å².